The normalized spacial score (nSPS) is 17.4. The Labute approximate surface area is 157 Å². The summed E-state index contributed by atoms with van der Waals surface area (Å²) in [7, 11) is 0. The van der Waals surface area contributed by atoms with Crippen molar-refractivity contribution in [2.75, 3.05) is 16.8 Å². The number of hydrogen-bond donors (Lipinski definition) is 1. The molecule has 0 bridgehead atoms. The van der Waals surface area contributed by atoms with Crippen LogP contribution in [0.1, 0.15) is 43.1 Å². The topological polar surface area (TPSA) is 58.1 Å². The lowest BCUT2D eigenvalue weighted by Gasteiger charge is -2.35. The second-order valence-corrected chi connectivity index (χ2v) is 6.98. The lowest BCUT2D eigenvalue weighted by Crippen LogP contribution is -2.40. The summed E-state index contributed by atoms with van der Waals surface area (Å²) in [5.74, 6) is 0.301. The quantitative estimate of drug-likeness (QED) is 0.829. The van der Waals surface area contributed by atoms with Crippen molar-refractivity contribution in [2.24, 2.45) is 0 Å². The summed E-state index contributed by atoms with van der Waals surface area (Å²) in [6.45, 7) is 3.09. The smallest absolute Gasteiger partial charge is 0.274 e. The molecule has 7 heteroatoms. The first-order chi connectivity index (χ1) is 12.1. The van der Waals surface area contributed by atoms with Crippen LogP contribution in [0, 0.1) is 0 Å². The van der Waals surface area contributed by atoms with Crippen LogP contribution < -0.4 is 10.2 Å². The molecule has 1 aliphatic heterocycles. The van der Waals surface area contributed by atoms with Crippen molar-refractivity contribution in [3.63, 3.8) is 0 Å². The van der Waals surface area contributed by atoms with Gasteiger partial charge in [0, 0.05) is 34.5 Å². The van der Waals surface area contributed by atoms with Gasteiger partial charge in [0.05, 0.1) is 0 Å². The zero-order valence-electron chi connectivity index (χ0n) is 14.0. The summed E-state index contributed by atoms with van der Waals surface area (Å²) in [6, 6.07) is 6.94. The third-order valence-electron chi connectivity index (χ3n) is 4.35. The van der Waals surface area contributed by atoms with Crippen molar-refractivity contribution in [1.29, 1.82) is 0 Å². The molecule has 0 aliphatic carbocycles. The number of amides is 1. The van der Waals surface area contributed by atoms with Crippen LogP contribution in [0.4, 0.5) is 11.6 Å². The Hall–Kier alpha value is -1.85. The molecule has 5 nitrogen and oxygen atoms in total. The van der Waals surface area contributed by atoms with E-state index in [0.29, 0.717) is 33.4 Å². The summed E-state index contributed by atoms with van der Waals surface area (Å²) in [5.41, 5.74) is 0.855. The van der Waals surface area contributed by atoms with Gasteiger partial charge in [-0.25, -0.2) is 9.97 Å². The van der Waals surface area contributed by atoms with Crippen LogP contribution in [0.3, 0.4) is 0 Å². The molecule has 2 heterocycles. The molecule has 0 saturated carbocycles. The van der Waals surface area contributed by atoms with Crippen LogP contribution in [-0.4, -0.2) is 28.5 Å². The van der Waals surface area contributed by atoms with Gasteiger partial charge < -0.3 is 10.2 Å². The standard InChI is InChI=1S/C18H20Cl2N4O/c1-2-15-5-3-4-8-24(15)18-21-7-6-16(23-18)17(25)22-14-10-12(19)9-13(20)11-14/h6-7,9-11,15H,2-5,8H2,1H3,(H,22,25). The molecule has 0 spiro atoms. The Bertz CT molecular complexity index is 748. The molecule has 1 fully saturated rings. The van der Waals surface area contributed by atoms with Gasteiger partial charge in [-0.15, -0.1) is 0 Å². The van der Waals surface area contributed by atoms with E-state index >= 15 is 0 Å². The molecule has 1 N–H and O–H groups in total. The van der Waals surface area contributed by atoms with Crippen molar-refractivity contribution in [1.82, 2.24) is 9.97 Å². The van der Waals surface area contributed by atoms with Gasteiger partial charge in [-0.3, -0.25) is 4.79 Å². The highest BCUT2D eigenvalue weighted by atomic mass is 35.5. The first kappa shape index (κ1) is 18.0. The van der Waals surface area contributed by atoms with Gasteiger partial charge in [0.15, 0.2) is 0 Å². The van der Waals surface area contributed by atoms with Gasteiger partial charge in [-0.05, 0) is 49.9 Å². The van der Waals surface area contributed by atoms with Crippen LogP contribution >= 0.6 is 23.2 Å². The molecule has 132 valence electrons. The number of nitrogens with one attached hydrogen (secondary N) is 1. The van der Waals surface area contributed by atoms with Crippen molar-refractivity contribution >= 4 is 40.7 Å². The lowest BCUT2D eigenvalue weighted by atomic mass is 10.0. The van der Waals surface area contributed by atoms with E-state index in [1.807, 2.05) is 0 Å². The Balaban J connectivity index is 1.79. The van der Waals surface area contributed by atoms with E-state index < -0.39 is 0 Å². The van der Waals surface area contributed by atoms with Crippen molar-refractivity contribution in [3.8, 4) is 0 Å². The van der Waals surface area contributed by atoms with Crippen molar-refractivity contribution < 1.29 is 4.79 Å². The predicted molar refractivity (Wildman–Crippen MR) is 102 cm³/mol. The number of halogens is 2. The van der Waals surface area contributed by atoms with E-state index in [-0.39, 0.29) is 5.91 Å². The third kappa shape index (κ3) is 4.41. The molecule has 1 amide bonds. The molecule has 1 aromatic carbocycles. The second-order valence-electron chi connectivity index (χ2n) is 6.11. The average molecular weight is 379 g/mol. The van der Waals surface area contributed by atoms with E-state index in [0.717, 1.165) is 25.8 Å². The minimum absolute atomic E-state index is 0.313. The van der Waals surface area contributed by atoms with E-state index in [1.54, 1.807) is 30.5 Å². The fourth-order valence-electron chi connectivity index (χ4n) is 3.12. The van der Waals surface area contributed by atoms with E-state index in [1.165, 1.54) is 6.42 Å². The molecule has 1 aliphatic rings. The molecule has 1 aromatic heterocycles. The molecular formula is C18H20Cl2N4O. The molecule has 0 radical (unpaired) electrons. The molecule has 1 atom stereocenters. The Morgan fingerprint density at radius 1 is 1.28 bits per heavy atom. The van der Waals surface area contributed by atoms with Gasteiger partial charge in [0.2, 0.25) is 5.95 Å². The van der Waals surface area contributed by atoms with Crippen LogP contribution in [-0.2, 0) is 0 Å². The van der Waals surface area contributed by atoms with E-state index in [4.69, 9.17) is 23.2 Å². The zero-order chi connectivity index (χ0) is 17.8. The number of hydrogen-bond acceptors (Lipinski definition) is 4. The van der Waals surface area contributed by atoms with Gasteiger partial charge in [-0.2, -0.15) is 0 Å². The maximum Gasteiger partial charge on any atom is 0.274 e. The number of carbonyl (C=O) groups is 1. The number of rotatable bonds is 4. The molecule has 1 saturated heterocycles. The first-order valence-corrected chi connectivity index (χ1v) is 9.19. The molecule has 2 aromatic rings. The summed E-state index contributed by atoms with van der Waals surface area (Å²) < 4.78 is 0. The van der Waals surface area contributed by atoms with Crippen LogP contribution in [0.5, 0.6) is 0 Å². The minimum Gasteiger partial charge on any atom is -0.338 e. The first-order valence-electron chi connectivity index (χ1n) is 8.44. The van der Waals surface area contributed by atoms with Crippen LogP contribution in [0.15, 0.2) is 30.5 Å². The Morgan fingerprint density at radius 3 is 2.76 bits per heavy atom. The predicted octanol–water partition coefficient (Wildman–Crippen LogP) is 4.80. The lowest BCUT2D eigenvalue weighted by molar-refractivity contribution is 0.102. The number of piperidine rings is 1. The highest BCUT2D eigenvalue weighted by Gasteiger charge is 2.23. The summed E-state index contributed by atoms with van der Waals surface area (Å²) >= 11 is 11.9. The Morgan fingerprint density at radius 2 is 2.04 bits per heavy atom. The van der Waals surface area contributed by atoms with Crippen LogP contribution in [0.2, 0.25) is 10.0 Å². The van der Waals surface area contributed by atoms with Crippen molar-refractivity contribution in [2.45, 2.75) is 38.6 Å². The summed E-state index contributed by atoms with van der Waals surface area (Å²) in [5, 5.41) is 3.71. The molecule has 1 unspecified atom stereocenters. The molecule has 25 heavy (non-hydrogen) atoms. The van der Waals surface area contributed by atoms with Crippen molar-refractivity contribution in [3.05, 3.63) is 46.2 Å². The number of carbonyl (C=O) groups excluding carboxylic acids is 1. The third-order valence-corrected chi connectivity index (χ3v) is 4.79. The van der Waals surface area contributed by atoms with Gasteiger partial charge in [0.1, 0.15) is 5.69 Å². The highest BCUT2D eigenvalue weighted by Crippen LogP contribution is 2.25. The Kier molecular flexibility index (Phi) is 5.76. The number of nitrogens with zero attached hydrogens (tertiary/aromatic N) is 3. The van der Waals surface area contributed by atoms with Gasteiger partial charge in [-0.1, -0.05) is 30.1 Å². The van der Waals surface area contributed by atoms with E-state index in [9.17, 15) is 4.79 Å². The zero-order valence-corrected chi connectivity index (χ0v) is 15.5. The summed E-state index contributed by atoms with van der Waals surface area (Å²) in [6.07, 6.45) is 6.16. The largest absolute Gasteiger partial charge is 0.338 e. The number of benzene rings is 1. The second kappa shape index (κ2) is 8.02. The van der Waals surface area contributed by atoms with Crippen LogP contribution in [0.25, 0.3) is 0 Å². The molecular weight excluding hydrogens is 359 g/mol. The monoisotopic (exact) mass is 378 g/mol. The van der Waals surface area contributed by atoms with Gasteiger partial charge in [0.25, 0.3) is 5.91 Å². The maximum atomic E-state index is 12.5. The summed E-state index contributed by atoms with van der Waals surface area (Å²) in [4.78, 5) is 23.6. The average Bonchev–Trinajstić information content (AvgIpc) is 2.61. The molecule has 3 rings (SSSR count). The van der Waals surface area contributed by atoms with E-state index in [2.05, 4.69) is 27.1 Å². The number of anilines is 2. The fourth-order valence-corrected chi connectivity index (χ4v) is 3.65. The number of aromatic nitrogens is 2. The van der Waals surface area contributed by atoms with Gasteiger partial charge >= 0.3 is 0 Å². The fraction of sp³-hybridized carbons (Fsp3) is 0.389. The highest BCUT2D eigenvalue weighted by molar-refractivity contribution is 6.35. The SMILES string of the molecule is CCC1CCCCN1c1nccc(C(=O)Nc2cc(Cl)cc(Cl)c2)n1. The minimum atomic E-state index is -0.313. The maximum absolute atomic E-state index is 12.5.